The van der Waals surface area contributed by atoms with Gasteiger partial charge in [0.15, 0.2) is 0 Å². The number of piperazine rings is 1. The van der Waals surface area contributed by atoms with Crippen molar-refractivity contribution in [3.8, 4) is 0 Å². The van der Waals surface area contributed by atoms with E-state index in [0.29, 0.717) is 5.54 Å². The summed E-state index contributed by atoms with van der Waals surface area (Å²) >= 11 is 1.79. The van der Waals surface area contributed by atoms with Crippen LogP contribution in [0, 0.1) is 6.92 Å². The van der Waals surface area contributed by atoms with Crippen molar-refractivity contribution in [3.05, 3.63) is 16.1 Å². The van der Waals surface area contributed by atoms with Crippen LogP contribution < -0.4 is 5.32 Å². The molecule has 0 aromatic carbocycles. The summed E-state index contributed by atoms with van der Waals surface area (Å²) in [5, 5.41) is 7.04. The Balaban J connectivity index is 1.83. The molecule has 1 N–H and O–H groups in total. The Morgan fingerprint density at radius 3 is 3.06 bits per heavy atom. The number of nitrogens with one attached hydrogen (secondary N) is 1. The predicted octanol–water partition coefficient (Wildman–Crippen LogP) is 2.07. The minimum Gasteiger partial charge on any atom is -0.309 e. The zero-order valence-corrected chi connectivity index (χ0v) is 11.9. The molecule has 0 bridgehead atoms. The molecule has 3 nitrogen and oxygen atoms in total. The van der Waals surface area contributed by atoms with Gasteiger partial charge in [-0.2, -0.15) is 0 Å². The number of hydrogen-bond donors (Lipinski definition) is 1. The Labute approximate surface area is 108 Å². The minimum atomic E-state index is 0.303. The minimum absolute atomic E-state index is 0.303. The van der Waals surface area contributed by atoms with Gasteiger partial charge in [-0.1, -0.05) is 6.92 Å². The summed E-state index contributed by atoms with van der Waals surface area (Å²) in [5.41, 5.74) is 1.46. The maximum absolute atomic E-state index is 4.53. The molecule has 0 radical (unpaired) electrons. The molecule has 0 saturated carbocycles. The van der Waals surface area contributed by atoms with Gasteiger partial charge in [-0.15, -0.1) is 11.3 Å². The van der Waals surface area contributed by atoms with Crippen molar-refractivity contribution in [3.63, 3.8) is 0 Å². The van der Waals surface area contributed by atoms with Crippen molar-refractivity contribution in [1.82, 2.24) is 15.2 Å². The van der Waals surface area contributed by atoms with Crippen LogP contribution in [0.15, 0.2) is 5.38 Å². The van der Waals surface area contributed by atoms with E-state index in [1.807, 2.05) is 0 Å². The molecule has 1 fully saturated rings. The quantitative estimate of drug-likeness (QED) is 0.890. The summed E-state index contributed by atoms with van der Waals surface area (Å²) in [6.07, 6.45) is 2.29. The molecule has 2 rings (SSSR count). The Morgan fingerprint density at radius 1 is 1.59 bits per heavy atom. The second-order valence-electron chi connectivity index (χ2n) is 5.25. The van der Waals surface area contributed by atoms with Gasteiger partial charge in [0.05, 0.1) is 5.01 Å². The molecular formula is C13H23N3S. The van der Waals surface area contributed by atoms with Gasteiger partial charge in [-0.3, -0.25) is 4.90 Å². The van der Waals surface area contributed by atoms with Crippen LogP contribution in [-0.4, -0.2) is 41.6 Å². The molecule has 1 atom stereocenters. The summed E-state index contributed by atoms with van der Waals surface area (Å²) in [6, 6.07) is 0. The lowest BCUT2D eigenvalue weighted by Crippen LogP contribution is -2.58. The number of rotatable bonds is 4. The first-order valence-electron chi connectivity index (χ1n) is 6.50. The van der Waals surface area contributed by atoms with Crippen molar-refractivity contribution in [2.45, 2.75) is 39.2 Å². The van der Waals surface area contributed by atoms with Crippen LogP contribution >= 0.6 is 11.3 Å². The van der Waals surface area contributed by atoms with Gasteiger partial charge in [-0.05, 0) is 20.3 Å². The second kappa shape index (κ2) is 5.46. The molecule has 17 heavy (non-hydrogen) atoms. The molecule has 1 saturated heterocycles. The highest BCUT2D eigenvalue weighted by atomic mass is 32.1. The number of aryl methyl sites for hydroxylation is 1. The summed E-state index contributed by atoms with van der Waals surface area (Å²) < 4.78 is 0. The van der Waals surface area contributed by atoms with Gasteiger partial charge in [-0.25, -0.2) is 4.98 Å². The summed E-state index contributed by atoms with van der Waals surface area (Å²) in [4.78, 5) is 7.09. The first-order valence-corrected chi connectivity index (χ1v) is 7.38. The Hall–Kier alpha value is -0.450. The van der Waals surface area contributed by atoms with E-state index >= 15 is 0 Å². The van der Waals surface area contributed by atoms with E-state index in [9.17, 15) is 0 Å². The van der Waals surface area contributed by atoms with Crippen LogP contribution in [0.5, 0.6) is 0 Å². The van der Waals surface area contributed by atoms with Crippen LogP contribution in [0.2, 0.25) is 0 Å². The molecule has 0 aliphatic carbocycles. The Bertz CT molecular complexity index is 363. The normalized spacial score (nSPS) is 26.3. The molecule has 0 amide bonds. The molecule has 1 unspecified atom stereocenters. The van der Waals surface area contributed by atoms with E-state index < -0.39 is 0 Å². The standard InChI is InChI=1S/C13H23N3S/c1-4-13(3)10-16(8-6-14-13)7-5-12-15-11(2)9-17-12/h9,14H,4-8,10H2,1-3H3. The average molecular weight is 253 g/mol. The van der Waals surface area contributed by atoms with Gasteiger partial charge < -0.3 is 5.32 Å². The van der Waals surface area contributed by atoms with Gasteiger partial charge >= 0.3 is 0 Å². The van der Waals surface area contributed by atoms with Crippen molar-refractivity contribution < 1.29 is 0 Å². The van der Waals surface area contributed by atoms with Gasteiger partial charge in [0, 0.05) is 49.2 Å². The lowest BCUT2D eigenvalue weighted by molar-refractivity contribution is 0.141. The van der Waals surface area contributed by atoms with Gasteiger partial charge in [0.25, 0.3) is 0 Å². The highest BCUT2D eigenvalue weighted by Crippen LogP contribution is 2.16. The van der Waals surface area contributed by atoms with E-state index in [-0.39, 0.29) is 0 Å². The van der Waals surface area contributed by atoms with Crippen LogP contribution in [-0.2, 0) is 6.42 Å². The fourth-order valence-electron chi connectivity index (χ4n) is 2.34. The lowest BCUT2D eigenvalue weighted by Gasteiger charge is -2.41. The first-order chi connectivity index (χ1) is 8.11. The third kappa shape index (κ3) is 3.50. The average Bonchev–Trinajstić information content (AvgIpc) is 2.73. The maximum Gasteiger partial charge on any atom is 0.0940 e. The van der Waals surface area contributed by atoms with E-state index in [4.69, 9.17) is 0 Å². The molecule has 2 heterocycles. The van der Waals surface area contributed by atoms with Crippen molar-refractivity contribution in [2.24, 2.45) is 0 Å². The highest BCUT2D eigenvalue weighted by molar-refractivity contribution is 7.09. The van der Waals surface area contributed by atoms with E-state index in [1.165, 1.54) is 18.0 Å². The molecule has 96 valence electrons. The Morgan fingerprint density at radius 2 is 2.41 bits per heavy atom. The summed E-state index contributed by atoms with van der Waals surface area (Å²) in [7, 11) is 0. The SMILES string of the molecule is CCC1(C)CN(CCc2nc(C)cs2)CCN1. The molecular weight excluding hydrogens is 230 g/mol. The number of nitrogens with zero attached hydrogens (tertiary/aromatic N) is 2. The van der Waals surface area contributed by atoms with Crippen molar-refractivity contribution >= 4 is 11.3 Å². The third-order valence-corrected chi connectivity index (χ3v) is 4.67. The van der Waals surface area contributed by atoms with E-state index in [2.05, 4.69) is 41.4 Å². The topological polar surface area (TPSA) is 28.2 Å². The molecule has 1 aromatic rings. The van der Waals surface area contributed by atoms with Crippen LogP contribution in [0.25, 0.3) is 0 Å². The molecule has 4 heteroatoms. The monoisotopic (exact) mass is 253 g/mol. The zero-order chi connectivity index (χ0) is 12.3. The predicted molar refractivity (Wildman–Crippen MR) is 73.7 cm³/mol. The zero-order valence-electron chi connectivity index (χ0n) is 11.1. The lowest BCUT2D eigenvalue weighted by atomic mass is 9.96. The van der Waals surface area contributed by atoms with Crippen LogP contribution in [0.4, 0.5) is 0 Å². The molecule has 1 aromatic heterocycles. The fourth-order valence-corrected chi connectivity index (χ4v) is 3.11. The van der Waals surface area contributed by atoms with E-state index in [0.717, 1.165) is 31.7 Å². The summed E-state index contributed by atoms with van der Waals surface area (Å²) in [6.45, 7) is 11.2. The van der Waals surface area contributed by atoms with Crippen LogP contribution in [0.3, 0.4) is 0 Å². The number of thiazole rings is 1. The largest absolute Gasteiger partial charge is 0.309 e. The maximum atomic E-state index is 4.53. The molecule has 1 aliphatic rings. The van der Waals surface area contributed by atoms with E-state index in [1.54, 1.807) is 11.3 Å². The van der Waals surface area contributed by atoms with Gasteiger partial charge in [0.1, 0.15) is 0 Å². The summed E-state index contributed by atoms with van der Waals surface area (Å²) in [5.74, 6) is 0. The Kier molecular flexibility index (Phi) is 4.17. The third-order valence-electron chi connectivity index (χ3n) is 3.64. The molecule has 0 spiro atoms. The second-order valence-corrected chi connectivity index (χ2v) is 6.19. The van der Waals surface area contributed by atoms with Crippen LogP contribution in [0.1, 0.15) is 31.0 Å². The molecule has 1 aliphatic heterocycles. The smallest absolute Gasteiger partial charge is 0.0940 e. The van der Waals surface area contributed by atoms with Gasteiger partial charge in [0.2, 0.25) is 0 Å². The van der Waals surface area contributed by atoms with Crippen molar-refractivity contribution in [2.75, 3.05) is 26.2 Å². The number of aromatic nitrogens is 1. The number of hydrogen-bond acceptors (Lipinski definition) is 4. The fraction of sp³-hybridized carbons (Fsp3) is 0.769. The first kappa shape index (κ1) is 13.0. The highest BCUT2D eigenvalue weighted by Gasteiger charge is 2.28. The van der Waals surface area contributed by atoms with Crippen molar-refractivity contribution in [1.29, 1.82) is 0 Å².